The number of nitrogens with one attached hydrogen (secondary N) is 1. The monoisotopic (exact) mass is 313 g/mol. The normalized spacial score (nSPS) is 10.8. The van der Waals surface area contributed by atoms with Crippen LogP contribution in [0.2, 0.25) is 5.02 Å². The van der Waals surface area contributed by atoms with Crippen molar-refractivity contribution in [3.63, 3.8) is 0 Å². The van der Waals surface area contributed by atoms with E-state index in [4.69, 9.17) is 16.0 Å². The second-order valence-electron chi connectivity index (χ2n) is 5.10. The smallest absolute Gasteiger partial charge is 0.247 e. The Hall–Kier alpha value is -2.17. The van der Waals surface area contributed by atoms with Crippen molar-refractivity contribution in [2.75, 3.05) is 0 Å². The van der Waals surface area contributed by atoms with Gasteiger partial charge in [-0.3, -0.25) is 0 Å². The molecule has 3 aromatic rings. The molecule has 4 nitrogen and oxygen atoms in total. The second-order valence-corrected chi connectivity index (χ2v) is 5.53. The number of hydrogen-bond acceptors (Lipinski definition) is 4. The van der Waals surface area contributed by atoms with E-state index in [1.54, 1.807) is 12.1 Å². The summed E-state index contributed by atoms with van der Waals surface area (Å²) < 4.78 is 5.64. The molecule has 22 heavy (non-hydrogen) atoms. The van der Waals surface area contributed by atoms with E-state index in [0.717, 1.165) is 12.1 Å². The van der Waals surface area contributed by atoms with Crippen LogP contribution in [0.4, 0.5) is 0 Å². The second kappa shape index (κ2) is 6.73. The molecule has 0 fully saturated rings. The SMILES string of the molecule is Cc1ccc(CNCc2nnc(-c3ccc(Cl)cc3)o2)cc1. The number of aromatic nitrogens is 2. The zero-order valence-electron chi connectivity index (χ0n) is 12.2. The summed E-state index contributed by atoms with van der Waals surface area (Å²) in [7, 11) is 0. The lowest BCUT2D eigenvalue weighted by molar-refractivity contribution is 0.477. The van der Waals surface area contributed by atoms with Crippen LogP contribution in [-0.4, -0.2) is 10.2 Å². The molecule has 1 N–H and O–H groups in total. The van der Waals surface area contributed by atoms with E-state index in [9.17, 15) is 0 Å². The average molecular weight is 314 g/mol. The van der Waals surface area contributed by atoms with E-state index >= 15 is 0 Å². The molecular weight excluding hydrogens is 298 g/mol. The van der Waals surface area contributed by atoms with Crippen molar-refractivity contribution in [3.8, 4) is 11.5 Å². The van der Waals surface area contributed by atoms with E-state index in [-0.39, 0.29) is 0 Å². The predicted octanol–water partition coefficient (Wildman–Crippen LogP) is 3.99. The molecule has 0 aliphatic heterocycles. The fraction of sp³-hybridized carbons (Fsp3) is 0.176. The lowest BCUT2D eigenvalue weighted by atomic mass is 10.1. The van der Waals surface area contributed by atoms with Gasteiger partial charge in [-0.2, -0.15) is 0 Å². The third-order valence-corrected chi connectivity index (χ3v) is 3.54. The van der Waals surface area contributed by atoms with Crippen LogP contribution in [0.25, 0.3) is 11.5 Å². The van der Waals surface area contributed by atoms with Gasteiger partial charge in [0, 0.05) is 17.1 Å². The maximum atomic E-state index is 5.86. The quantitative estimate of drug-likeness (QED) is 0.774. The third-order valence-electron chi connectivity index (χ3n) is 3.28. The minimum atomic E-state index is 0.504. The largest absolute Gasteiger partial charge is 0.419 e. The highest BCUT2D eigenvalue weighted by Crippen LogP contribution is 2.20. The topological polar surface area (TPSA) is 51.0 Å². The Bertz CT molecular complexity index is 735. The van der Waals surface area contributed by atoms with Crippen molar-refractivity contribution in [2.45, 2.75) is 20.0 Å². The van der Waals surface area contributed by atoms with Gasteiger partial charge in [0.2, 0.25) is 11.8 Å². The number of benzene rings is 2. The molecule has 0 aliphatic rings. The van der Waals surface area contributed by atoms with Gasteiger partial charge in [0.1, 0.15) is 0 Å². The van der Waals surface area contributed by atoms with Crippen LogP contribution in [0.5, 0.6) is 0 Å². The lowest BCUT2D eigenvalue weighted by Crippen LogP contribution is -2.12. The highest BCUT2D eigenvalue weighted by molar-refractivity contribution is 6.30. The summed E-state index contributed by atoms with van der Waals surface area (Å²) in [4.78, 5) is 0. The van der Waals surface area contributed by atoms with Gasteiger partial charge in [-0.1, -0.05) is 41.4 Å². The molecule has 0 bridgehead atoms. The van der Waals surface area contributed by atoms with Crippen molar-refractivity contribution < 1.29 is 4.42 Å². The van der Waals surface area contributed by atoms with E-state index in [2.05, 4.69) is 46.7 Å². The first kappa shape index (κ1) is 14.8. The first-order valence-corrected chi connectivity index (χ1v) is 7.43. The van der Waals surface area contributed by atoms with Crippen molar-refractivity contribution in [1.29, 1.82) is 0 Å². The first-order chi connectivity index (χ1) is 10.7. The van der Waals surface area contributed by atoms with Crippen LogP contribution >= 0.6 is 11.6 Å². The molecule has 1 heterocycles. The standard InChI is InChI=1S/C17H16ClN3O/c1-12-2-4-13(5-3-12)10-19-11-16-20-21-17(22-16)14-6-8-15(18)9-7-14/h2-9,19H,10-11H2,1H3. The summed E-state index contributed by atoms with van der Waals surface area (Å²) in [6.07, 6.45) is 0. The molecule has 1 aromatic heterocycles. The van der Waals surface area contributed by atoms with E-state index < -0.39 is 0 Å². The van der Waals surface area contributed by atoms with Crippen molar-refractivity contribution in [3.05, 3.63) is 70.6 Å². The third kappa shape index (κ3) is 3.72. The van der Waals surface area contributed by atoms with E-state index in [0.29, 0.717) is 23.3 Å². The van der Waals surface area contributed by atoms with Gasteiger partial charge in [0.25, 0.3) is 0 Å². The summed E-state index contributed by atoms with van der Waals surface area (Å²) in [5.41, 5.74) is 3.35. The summed E-state index contributed by atoms with van der Waals surface area (Å²) >= 11 is 5.86. The molecule has 2 aromatic carbocycles. The minimum absolute atomic E-state index is 0.504. The number of rotatable bonds is 5. The fourth-order valence-electron chi connectivity index (χ4n) is 2.05. The molecule has 112 valence electrons. The van der Waals surface area contributed by atoms with Crippen molar-refractivity contribution in [2.24, 2.45) is 0 Å². The lowest BCUT2D eigenvalue weighted by Gasteiger charge is -2.02. The van der Waals surface area contributed by atoms with Crippen molar-refractivity contribution in [1.82, 2.24) is 15.5 Å². The molecule has 0 spiro atoms. The van der Waals surface area contributed by atoms with Crippen LogP contribution in [0, 0.1) is 6.92 Å². The highest BCUT2D eigenvalue weighted by atomic mass is 35.5. The number of halogens is 1. The Labute approximate surface area is 134 Å². The summed E-state index contributed by atoms with van der Waals surface area (Å²) in [6.45, 7) is 3.38. The van der Waals surface area contributed by atoms with Gasteiger partial charge >= 0.3 is 0 Å². The predicted molar refractivity (Wildman–Crippen MR) is 86.5 cm³/mol. The molecule has 0 atom stereocenters. The molecule has 3 rings (SSSR count). The number of hydrogen-bond donors (Lipinski definition) is 1. The minimum Gasteiger partial charge on any atom is -0.419 e. The van der Waals surface area contributed by atoms with Crippen LogP contribution in [0.15, 0.2) is 52.9 Å². The van der Waals surface area contributed by atoms with Gasteiger partial charge in [0.15, 0.2) is 0 Å². The molecular formula is C17H16ClN3O. The van der Waals surface area contributed by atoms with Crippen LogP contribution < -0.4 is 5.32 Å². The molecule has 0 saturated carbocycles. The Morgan fingerprint density at radius 3 is 2.41 bits per heavy atom. The number of nitrogens with zero attached hydrogens (tertiary/aromatic N) is 2. The Kier molecular flexibility index (Phi) is 4.51. The maximum absolute atomic E-state index is 5.86. The molecule has 0 amide bonds. The molecule has 0 radical (unpaired) electrons. The summed E-state index contributed by atoms with van der Waals surface area (Å²) in [5.74, 6) is 1.07. The molecule has 0 unspecified atom stereocenters. The van der Waals surface area contributed by atoms with Gasteiger partial charge in [-0.05, 0) is 36.8 Å². The maximum Gasteiger partial charge on any atom is 0.247 e. The van der Waals surface area contributed by atoms with Gasteiger partial charge in [-0.15, -0.1) is 10.2 Å². The molecule has 0 saturated heterocycles. The van der Waals surface area contributed by atoms with E-state index in [1.807, 2.05) is 12.1 Å². The van der Waals surface area contributed by atoms with Gasteiger partial charge in [0.05, 0.1) is 6.54 Å². The zero-order valence-corrected chi connectivity index (χ0v) is 13.0. The Morgan fingerprint density at radius 2 is 1.68 bits per heavy atom. The van der Waals surface area contributed by atoms with Crippen molar-refractivity contribution >= 4 is 11.6 Å². The molecule has 0 aliphatic carbocycles. The number of aryl methyl sites for hydroxylation is 1. The highest BCUT2D eigenvalue weighted by Gasteiger charge is 2.08. The summed E-state index contributed by atoms with van der Waals surface area (Å²) in [5, 5.41) is 12.1. The van der Waals surface area contributed by atoms with Gasteiger partial charge in [-0.25, -0.2) is 0 Å². The Balaban J connectivity index is 1.57. The van der Waals surface area contributed by atoms with Crippen LogP contribution in [0.3, 0.4) is 0 Å². The zero-order chi connectivity index (χ0) is 15.4. The summed E-state index contributed by atoms with van der Waals surface area (Å²) in [6, 6.07) is 15.7. The Morgan fingerprint density at radius 1 is 0.955 bits per heavy atom. The van der Waals surface area contributed by atoms with Crippen LogP contribution in [0.1, 0.15) is 17.0 Å². The fourth-order valence-corrected chi connectivity index (χ4v) is 2.18. The van der Waals surface area contributed by atoms with Gasteiger partial charge < -0.3 is 9.73 Å². The van der Waals surface area contributed by atoms with Crippen LogP contribution in [-0.2, 0) is 13.1 Å². The van der Waals surface area contributed by atoms with E-state index in [1.165, 1.54) is 11.1 Å². The first-order valence-electron chi connectivity index (χ1n) is 7.05. The average Bonchev–Trinajstić information content (AvgIpc) is 2.99. The molecule has 5 heteroatoms.